The molecule has 1 amide bonds. The Hall–Kier alpha value is -1.86. The fraction of sp³-hybridized carbons (Fsp3) is 0.526. The van der Waals surface area contributed by atoms with Crippen LogP contribution < -0.4 is 5.32 Å². The van der Waals surface area contributed by atoms with Crippen molar-refractivity contribution in [2.24, 2.45) is 0 Å². The predicted octanol–water partition coefficient (Wildman–Crippen LogP) is 2.48. The smallest absolute Gasteiger partial charge is 0.243 e. The number of carbonyl (C=O) groups is 1. The predicted molar refractivity (Wildman–Crippen MR) is 100 cm³/mol. The second kappa shape index (κ2) is 7.04. The van der Waals surface area contributed by atoms with E-state index >= 15 is 0 Å². The van der Waals surface area contributed by atoms with E-state index in [4.69, 9.17) is 0 Å². The van der Waals surface area contributed by atoms with Crippen LogP contribution in [-0.2, 0) is 21.4 Å². The Morgan fingerprint density at radius 3 is 2.62 bits per heavy atom. The number of aromatic nitrogens is 1. The zero-order valence-corrected chi connectivity index (χ0v) is 15.7. The van der Waals surface area contributed by atoms with Crippen LogP contribution in [0, 0.1) is 0 Å². The summed E-state index contributed by atoms with van der Waals surface area (Å²) in [6.07, 6.45) is 7.50. The summed E-state index contributed by atoms with van der Waals surface area (Å²) in [6, 6.07) is 7.59. The van der Waals surface area contributed by atoms with Crippen molar-refractivity contribution in [3.05, 3.63) is 30.5 Å². The molecule has 4 rings (SSSR count). The summed E-state index contributed by atoms with van der Waals surface area (Å²) in [6.45, 7) is 1.81. The Labute approximate surface area is 154 Å². The third-order valence-corrected chi connectivity index (χ3v) is 7.11. The van der Waals surface area contributed by atoms with Crippen molar-refractivity contribution >= 4 is 26.8 Å². The average Bonchev–Trinajstić information content (AvgIpc) is 3.37. The van der Waals surface area contributed by atoms with Crippen LogP contribution in [0.25, 0.3) is 10.9 Å². The number of amides is 1. The topological polar surface area (TPSA) is 71.4 Å². The standard InChI is InChI=1S/C19H25N3O3S/c23-19(20-16-4-5-16)9-13-21-12-8-15-14-17(6-7-18(15)21)26(24,25)22-10-2-1-3-11-22/h6-8,12,14,16H,1-5,9-11,13H2,(H,20,23). The summed E-state index contributed by atoms with van der Waals surface area (Å²) in [5.74, 6) is 0.0821. The molecule has 0 spiro atoms. The first-order valence-corrected chi connectivity index (χ1v) is 10.9. The molecule has 6 nitrogen and oxygen atoms in total. The van der Waals surface area contributed by atoms with Crippen LogP contribution in [0.5, 0.6) is 0 Å². The maximum Gasteiger partial charge on any atom is 0.243 e. The molecule has 0 radical (unpaired) electrons. The quantitative estimate of drug-likeness (QED) is 0.843. The van der Waals surface area contributed by atoms with Crippen molar-refractivity contribution in [3.8, 4) is 0 Å². The van der Waals surface area contributed by atoms with Crippen LogP contribution in [0.3, 0.4) is 0 Å². The van der Waals surface area contributed by atoms with Crippen molar-refractivity contribution in [1.29, 1.82) is 0 Å². The SMILES string of the molecule is O=C(CCn1ccc2cc(S(=O)(=O)N3CCCCC3)ccc21)NC1CC1. The molecule has 140 valence electrons. The number of rotatable bonds is 6. The van der Waals surface area contributed by atoms with Crippen LogP contribution >= 0.6 is 0 Å². The average molecular weight is 375 g/mol. The van der Waals surface area contributed by atoms with Crippen molar-refractivity contribution < 1.29 is 13.2 Å². The third kappa shape index (κ3) is 3.64. The van der Waals surface area contributed by atoms with Crippen LogP contribution in [0.1, 0.15) is 38.5 Å². The van der Waals surface area contributed by atoms with Gasteiger partial charge in [0.1, 0.15) is 0 Å². The first-order chi connectivity index (χ1) is 12.5. The van der Waals surface area contributed by atoms with E-state index in [9.17, 15) is 13.2 Å². The minimum Gasteiger partial charge on any atom is -0.353 e. The molecule has 1 aliphatic carbocycles. The van der Waals surface area contributed by atoms with E-state index in [-0.39, 0.29) is 5.91 Å². The van der Waals surface area contributed by atoms with Crippen LogP contribution in [0.4, 0.5) is 0 Å². The molecule has 2 heterocycles. The van der Waals surface area contributed by atoms with Gasteiger partial charge in [0.15, 0.2) is 0 Å². The highest BCUT2D eigenvalue weighted by atomic mass is 32.2. The molecule has 2 aromatic rings. The molecule has 0 atom stereocenters. The maximum absolute atomic E-state index is 12.8. The molecular formula is C19H25N3O3S. The van der Waals surface area contributed by atoms with Gasteiger partial charge in [-0.1, -0.05) is 6.42 Å². The molecule has 2 fully saturated rings. The lowest BCUT2D eigenvalue weighted by molar-refractivity contribution is -0.121. The molecule has 1 aliphatic heterocycles. The Morgan fingerprint density at radius 2 is 1.88 bits per heavy atom. The molecule has 0 bridgehead atoms. The van der Waals surface area contributed by atoms with Gasteiger partial charge in [-0.25, -0.2) is 8.42 Å². The number of nitrogens with one attached hydrogen (secondary N) is 1. The fourth-order valence-electron chi connectivity index (χ4n) is 3.54. The highest BCUT2D eigenvalue weighted by Crippen LogP contribution is 2.25. The number of benzene rings is 1. The number of carbonyl (C=O) groups excluding carboxylic acids is 1. The Morgan fingerprint density at radius 1 is 1.12 bits per heavy atom. The number of hydrogen-bond donors (Lipinski definition) is 1. The molecule has 1 aromatic carbocycles. The van der Waals surface area contributed by atoms with Gasteiger partial charge in [0.05, 0.1) is 4.90 Å². The first-order valence-electron chi connectivity index (χ1n) is 9.42. The monoisotopic (exact) mass is 375 g/mol. The summed E-state index contributed by atoms with van der Waals surface area (Å²) in [7, 11) is -3.42. The molecule has 1 aromatic heterocycles. The molecule has 1 N–H and O–H groups in total. The van der Waals surface area contributed by atoms with E-state index in [1.54, 1.807) is 16.4 Å². The minimum atomic E-state index is -3.42. The molecule has 1 saturated heterocycles. The molecular weight excluding hydrogens is 350 g/mol. The lowest BCUT2D eigenvalue weighted by Crippen LogP contribution is -2.35. The van der Waals surface area contributed by atoms with Gasteiger partial charge in [0.25, 0.3) is 0 Å². The largest absolute Gasteiger partial charge is 0.353 e. The summed E-state index contributed by atoms with van der Waals surface area (Å²) in [5.41, 5.74) is 0.960. The van der Waals surface area contributed by atoms with Gasteiger partial charge >= 0.3 is 0 Å². The first kappa shape index (κ1) is 17.5. The number of aryl methyl sites for hydroxylation is 1. The summed E-state index contributed by atoms with van der Waals surface area (Å²) in [4.78, 5) is 12.2. The third-order valence-electron chi connectivity index (χ3n) is 5.22. The lowest BCUT2D eigenvalue weighted by atomic mass is 10.2. The Balaban J connectivity index is 1.50. The van der Waals surface area contributed by atoms with Gasteiger partial charge in [0.2, 0.25) is 15.9 Å². The Bertz CT molecular complexity index is 909. The van der Waals surface area contributed by atoms with Crippen molar-refractivity contribution in [1.82, 2.24) is 14.2 Å². The summed E-state index contributed by atoms with van der Waals surface area (Å²) >= 11 is 0. The highest BCUT2D eigenvalue weighted by Gasteiger charge is 2.26. The number of nitrogens with zero attached hydrogens (tertiary/aromatic N) is 2. The number of piperidine rings is 1. The van der Waals surface area contributed by atoms with Gasteiger partial charge in [0, 0.05) is 49.2 Å². The molecule has 1 saturated carbocycles. The zero-order chi connectivity index (χ0) is 18.1. The molecule has 0 unspecified atom stereocenters. The van der Waals surface area contributed by atoms with Crippen LogP contribution in [-0.4, -0.2) is 42.3 Å². The van der Waals surface area contributed by atoms with Gasteiger partial charge in [-0.15, -0.1) is 0 Å². The van der Waals surface area contributed by atoms with Crippen molar-refractivity contribution in [2.45, 2.75) is 56.0 Å². The molecule has 2 aliphatic rings. The Kier molecular flexibility index (Phi) is 4.75. The number of hydrogen-bond acceptors (Lipinski definition) is 3. The van der Waals surface area contributed by atoms with E-state index in [0.29, 0.717) is 37.0 Å². The summed E-state index contributed by atoms with van der Waals surface area (Å²) < 4.78 is 29.3. The normalized spacial score (nSPS) is 18.9. The minimum absolute atomic E-state index is 0.0821. The van der Waals surface area contributed by atoms with Gasteiger partial charge in [-0.2, -0.15) is 4.31 Å². The zero-order valence-electron chi connectivity index (χ0n) is 14.9. The van der Waals surface area contributed by atoms with Gasteiger partial charge in [-0.05, 0) is 49.9 Å². The highest BCUT2D eigenvalue weighted by molar-refractivity contribution is 7.89. The number of fused-ring (bicyclic) bond motifs is 1. The molecule has 26 heavy (non-hydrogen) atoms. The van der Waals surface area contributed by atoms with Gasteiger partial charge in [-0.3, -0.25) is 4.79 Å². The van der Waals surface area contributed by atoms with Crippen LogP contribution in [0.2, 0.25) is 0 Å². The van der Waals surface area contributed by atoms with E-state index in [2.05, 4.69) is 5.32 Å². The maximum atomic E-state index is 12.8. The second-order valence-electron chi connectivity index (χ2n) is 7.29. The van der Waals surface area contributed by atoms with Crippen molar-refractivity contribution in [3.63, 3.8) is 0 Å². The van der Waals surface area contributed by atoms with Crippen molar-refractivity contribution in [2.75, 3.05) is 13.1 Å². The summed E-state index contributed by atoms with van der Waals surface area (Å²) in [5, 5.41) is 3.89. The second-order valence-corrected chi connectivity index (χ2v) is 9.22. The number of sulfonamides is 1. The van der Waals surface area contributed by atoms with E-state index < -0.39 is 10.0 Å². The van der Waals surface area contributed by atoms with E-state index in [0.717, 1.165) is 43.0 Å². The van der Waals surface area contributed by atoms with Crippen LogP contribution in [0.15, 0.2) is 35.4 Å². The lowest BCUT2D eigenvalue weighted by Gasteiger charge is -2.25. The van der Waals surface area contributed by atoms with E-state index in [1.165, 1.54) is 0 Å². The molecule has 7 heteroatoms. The fourth-order valence-corrected chi connectivity index (χ4v) is 5.09. The van der Waals surface area contributed by atoms with Gasteiger partial charge < -0.3 is 9.88 Å². The van der Waals surface area contributed by atoms with E-state index in [1.807, 2.05) is 22.9 Å².